The summed E-state index contributed by atoms with van der Waals surface area (Å²) in [4.78, 5) is 15.3. The molecule has 2 nitrogen and oxygen atoms in total. The summed E-state index contributed by atoms with van der Waals surface area (Å²) >= 11 is 3.31. The molecule has 0 N–H and O–H groups in total. The molecule has 1 aromatic heterocycles. The number of rotatable bonds is 1. The number of hydrogen-bond acceptors (Lipinski definition) is 2. The van der Waals surface area contributed by atoms with Gasteiger partial charge in [-0.25, -0.2) is 4.98 Å². The largest absolute Gasteiger partial charge is 0.293 e. The number of halogens is 1. The molecule has 1 rings (SSSR count). The second-order valence-corrected chi connectivity index (χ2v) is 5.18. The van der Waals surface area contributed by atoms with Crippen LogP contribution >= 0.6 is 15.9 Å². The van der Waals surface area contributed by atoms with Gasteiger partial charge in [-0.2, -0.15) is 0 Å². The molecule has 0 saturated heterocycles. The summed E-state index contributed by atoms with van der Waals surface area (Å²) in [5, 5.41) is 0. The van der Waals surface area contributed by atoms with Gasteiger partial charge in [-0.3, -0.25) is 4.79 Å². The van der Waals surface area contributed by atoms with Gasteiger partial charge in [0.05, 0.1) is 0 Å². The zero-order valence-corrected chi connectivity index (χ0v) is 10.5. The van der Waals surface area contributed by atoms with Gasteiger partial charge in [0.2, 0.25) is 0 Å². The van der Waals surface area contributed by atoms with Crippen molar-refractivity contribution in [3.05, 3.63) is 28.0 Å². The van der Waals surface area contributed by atoms with E-state index in [4.69, 9.17) is 0 Å². The Labute approximate surface area is 92.9 Å². The maximum atomic E-state index is 11.2. The summed E-state index contributed by atoms with van der Waals surface area (Å²) in [5.41, 5.74) is 1.67. The van der Waals surface area contributed by atoms with Gasteiger partial charge in [0.25, 0.3) is 0 Å². The molecule has 0 aliphatic carbocycles. The van der Waals surface area contributed by atoms with Gasteiger partial charge in [0, 0.05) is 6.92 Å². The summed E-state index contributed by atoms with van der Waals surface area (Å²) in [5.74, 6) is -0.00296. The number of Topliss-reactive ketones (excluding diaryl/α,β-unsaturated/α-hetero) is 1. The van der Waals surface area contributed by atoms with E-state index in [1.165, 1.54) is 6.92 Å². The first-order valence-corrected chi connectivity index (χ1v) is 5.29. The average Bonchev–Trinajstić information content (AvgIpc) is 2.01. The molecule has 0 unspecified atom stereocenters. The highest BCUT2D eigenvalue weighted by atomic mass is 79.9. The monoisotopic (exact) mass is 255 g/mol. The Balaban J connectivity index is 3.28. The van der Waals surface area contributed by atoms with E-state index >= 15 is 0 Å². The molecule has 3 heteroatoms. The van der Waals surface area contributed by atoms with Crippen molar-refractivity contribution in [2.75, 3.05) is 0 Å². The molecule has 0 amide bonds. The standard InChI is InChI=1S/C11H14BrNO/c1-7(14)9-5-8(11(2,3)4)6-10(12)13-9/h5-6H,1-4H3. The molecule has 0 atom stereocenters. The van der Waals surface area contributed by atoms with Crippen LogP contribution in [0.25, 0.3) is 0 Å². The minimum Gasteiger partial charge on any atom is -0.293 e. The molecule has 0 saturated carbocycles. The Morgan fingerprint density at radius 3 is 2.36 bits per heavy atom. The van der Waals surface area contributed by atoms with Crippen LogP contribution in [0.15, 0.2) is 16.7 Å². The summed E-state index contributed by atoms with van der Waals surface area (Å²) in [6.45, 7) is 7.86. The lowest BCUT2D eigenvalue weighted by Crippen LogP contribution is -2.13. The van der Waals surface area contributed by atoms with Crippen molar-refractivity contribution in [1.82, 2.24) is 4.98 Å². The average molecular weight is 256 g/mol. The van der Waals surface area contributed by atoms with Crippen molar-refractivity contribution in [3.63, 3.8) is 0 Å². The normalized spacial score (nSPS) is 11.5. The fourth-order valence-corrected chi connectivity index (χ4v) is 1.55. The number of aromatic nitrogens is 1. The van der Waals surface area contributed by atoms with Crippen molar-refractivity contribution in [3.8, 4) is 0 Å². The third-order valence-electron chi connectivity index (χ3n) is 2.02. The quantitative estimate of drug-likeness (QED) is 0.569. The van der Waals surface area contributed by atoms with Crippen molar-refractivity contribution in [2.24, 2.45) is 0 Å². The zero-order chi connectivity index (χ0) is 10.9. The molecule has 0 aliphatic heterocycles. The predicted octanol–water partition coefficient (Wildman–Crippen LogP) is 3.34. The minimum atomic E-state index is -0.00296. The van der Waals surface area contributed by atoms with E-state index in [1.54, 1.807) is 0 Å². The molecule has 0 aliphatic rings. The number of nitrogens with zero attached hydrogens (tertiary/aromatic N) is 1. The van der Waals surface area contributed by atoms with E-state index in [1.807, 2.05) is 12.1 Å². The van der Waals surface area contributed by atoms with E-state index < -0.39 is 0 Å². The Kier molecular flexibility index (Phi) is 3.10. The Hall–Kier alpha value is -0.700. The van der Waals surface area contributed by atoms with Gasteiger partial charge in [-0.15, -0.1) is 0 Å². The molecule has 14 heavy (non-hydrogen) atoms. The first kappa shape index (κ1) is 11.4. The topological polar surface area (TPSA) is 30.0 Å². The SMILES string of the molecule is CC(=O)c1cc(C(C)(C)C)cc(Br)n1. The van der Waals surface area contributed by atoms with Gasteiger partial charge >= 0.3 is 0 Å². The summed E-state index contributed by atoms with van der Waals surface area (Å²) < 4.78 is 0.718. The molecule has 1 aromatic rings. The summed E-state index contributed by atoms with van der Waals surface area (Å²) in [6, 6.07) is 3.81. The van der Waals surface area contributed by atoms with Gasteiger partial charge in [-0.1, -0.05) is 20.8 Å². The van der Waals surface area contributed by atoms with Crippen LogP contribution in [0.3, 0.4) is 0 Å². The van der Waals surface area contributed by atoms with E-state index in [0.29, 0.717) is 5.69 Å². The number of pyridine rings is 1. The molecule has 76 valence electrons. The Morgan fingerprint density at radius 2 is 1.93 bits per heavy atom. The van der Waals surface area contributed by atoms with Crippen LogP contribution in [0.4, 0.5) is 0 Å². The molecular weight excluding hydrogens is 242 g/mol. The third kappa shape index (κ3) is 2.64. The summed E-state index contributed by atoms with van der Waals surface area (Å²) in [7, 11) is 0. The first-order valence-electron chi connectivity index (χ1n) is 4.50. The van der Waals surface area contributed by atoms with Crippen LogP contribution in [0.1, 0.15) is 43.7 Å². The van der Waals surface area contributed by atoms with Gasteiger partial charge in [0.1, 0.15) is 10.3 Å². The van der Waals surface area contributed by atoms with Crippen molar-refractivity contribution < 1.29 is 4.79 Å². The number of hydrogen-bond donors (Lipinski definition) is 0. The number of carbonyl (C=O) groups is 1. The minimum absolute atomic E-state index is 0.00296. The molecule has 1 heterocycles. The summed E-state index contributed by atoms with van der Waals surface area (Å²) in [6.07, 6.45) is 0. The van der Waals surface area contributed by atoms with E-state index in [2.05, 4.69) is 41.7 Å². The molecule has 0 bridgehead atoms. The maximum absolute atomic E-state index is 11.2. The van der Waals surface area contributed by atoms with Crippen molar-refractivity contribution >= 4 is 21.7 Å². The zero-order valence-electron chi connectivity index (χ0n) is 8.89. The number of carbonyl (C=O) groups excluding carboxylic acids is 1. The van der Waals surface area contributed by atoms with Crippen molar-refractivity contribution in [1.29, 1.82) is 0 Å². The smallest absolute Gasteiger partial charge is 0.178 e. The molecule has 0 spiro atoms. The van der Waals surface area contributed by atoms with E-state index in [0.717, 1.165) is 10.2 Å². The lowest BCUT2D eigenvalue weighted by molar-refractivity contribution is 0.101. The highest BCUT2D eigenvalue weighted by molar-refractivity contribution is 9.10. The Bertz CT molecular complexity index is 366. The fourth-order valence-electron chi connectivity index (χ4n) is 1.11. The third-order valence-corrected chi connectivity index (χ3v) is 2.43. The molecule has 0 aromatic carbocycles. The second-order valence-electron chi connectivity index (χ2n) is 4.37. The van der Waals surface area contributed by atoms with Crippen LogP contribution in [0, 0.1) is 0 Å². The van der Waals surface area contributed by atoms with E-state index in [9.17, 15) is 4.79 Å². The van der Waals surface area contributed by atoms with Crippen LogP contribution < -0.4 is 0 Å². The predicted molar refractivity (Wildman–Crippen MR) is 60.6 cm³/mol. The van der Waals surface area contributed by atoms with Crippen LogP contribution in [-0.4, -0.2) is 10.8 Å². The molecule has 0 radical (unpaired) electrons. The highest BCUT2D eigenvalue weighted by Crippen LogP contribution is 2.25. The van der Waals surface area contributed by atoms with Gasteiger partial charge in [0.15, 0.2) is 5.78 Å². The van der Waals surface area contributed by atoms with Crippen LogP contribution in [-0.2, 0) is 5.41 Å². The maximum Gasteiger partial charge on any atom is 0.178 e. The fraction of sp³-hybridized carbons (Fsp3) is 0.455. The van der Waals surface area contributed by atoms with Gasteiger partial charge < -0.3 is 0 Å². The lowest BCUT2D eigenvalue weighted by Gasteiger charge is -2.19. The molecule has 0 fully saturated rings. The highest BCUT2D eigenvalue weighted by Gasteiger charge is 2.16. The van der Waals surface area contributed by atoms with Gasteiger partial charge in [-0.05, 0) is 39.0 Å². The van der Waals surface area contributed by atoms with E-state index in [-0.39, 0.29) is 11.2 Å². The van der Waals surface area contributed by atoms with Crippen LogP contribution in [0.2, 0.25) is 0 Å². The second kappa shape index (κ2) is 3.81. The first-order chi connectivity index (χ1) is 6.30. The van der Waals surface area contributed by atoms with Crippen LogP contribution in [0.5, 0.6) is 0 Å². The lowest BCUT2D eigenvalue weighted by atomic mass is 9.87. The number of ketones is 1. The Morgan fingerprint density at radius 1 is 1.36 bits per heavy atom. The molecular formula is C11H14BrNO. The van der Waals surface area contributed by atoms with Crippen molar-refractivity contribution in [2.45, 2.75) is 33.1 Å².